The predicted molar refractivity (Wildman–Crippen MR) is 83.8 cm³/mol. The van der Waals surface area contributed by atoms with E-state index in [0.29, 0.717) is 21.3 Å². The van der Waals surface area contributed by atoms with Crippen molar-refractivity contribution in [3.05, 3.63) is 64.1 Å². The number of nitrogens with one attached hydrogen (secondary N) is 2. The number of urea groups is 1. The fraction of sp³-hybridized carbons (Fsp3) is 0.0667. The summed E-state index contributed by atoms with van der Waals surface area (Å²) in [7, 11) is 0. The lowest BCUT2D eigenvalue weighted by molar-refractivity contribution is -0.119. The molecule has 0 spiro atoms. The molecule has 0 atom stereocenters. The molecule has 0 aliphatic heterocycles. The molecule has 4 nitrogen and oxygen atoms in total. The third-order valence-corrected chi connectivity index (χ3v) is 3.28. The van der Waals surface area contributed by atoms with Gasteiger partial charge in [-0.1, -0.05) is 41.4 Å². The van der Waals surface area contributed by atoms with Gasteiger partial charge in [0, 0.05) is 15.7 Å². The number of carbonyl (C=O) groups is 2. The molecule has 0 radical (unpaired) electrons. The van der Waals surface area contributed by atoms with Crippen LogP contribution in [0.15, 0.2) is 48.5 Å². The second kappa shape index (κ2) is 7.11. The molecule has 2 rings (SSSR count). The standard InChI is InChI=1S/C15H12Cl2N2O2/c16-11-5-7-12(8-6-11)18-15(21)19-14(20)9-10-3-1-2-4-13(10)17/h1-8H,9H2,(H2,18,19,20,21). The minimum Gasteiger partial charge on any atom is -0.308 e. The molecule has 2 aromatic carbocycles. The molecule has 2 N–H and O–H groups in total. The largest absolute Gasteiger partial charge is 0.325 e. The average molecular weight is 323 g/mol. The fourth-order valence-electron chi connectivity index (χ4n) is 1.68. The van der Waals surface area contributed by atoms with Gasteiger partial charge in [-0.15, -0.1) is 0 Å². The van der Waals surface area contributed by atoms with Crippen LogP contribution in [0.25, 0.3) is 0 Å². The first kappa shape index (κ1) is 15.4. The summed E-state index contributed by atoms with van der Waals surface area (Å²) in [5.74, 6) is -0.436. The molecular weight excluding hydrogens is 311 g/mol. The summed E-state index contributed by atoms with van der Waals surface area (Å²) in [6.45, 7) is 0. The van der Waals surface area contributed by atoms with Crippen molar-refractivity contribution >= 4 is 40.8 Å². The lowest BCUT2D eigenvalue weighted by atomic mass is 10.1. The van der Waals surface area contributed by atoms with Crippen LogP contribution in [0.5, 0.6) is 0 Å². The summed E-state index contributed by atoms with van der Waals surface area (Å²) in [6.07, 6.45) is 0.0354. The van der Waals surface area contributed by atoms with Crippen molar-refractivity contribution in [2.24, 2.45) is 0 Å². The van der Waals surface area contributed by atoms with Gasteiger partial charge in [-0.3, -0.25) is 10.1 Å². The average Bonchev–Trinajstić information content (AvgIpc) is 2.44. The van der Waals surface area contributed by atoms with E-state index in [-0.39, 0.29) is 6.42 Å². The summed E-state index contributed by atoms with van der Waals surface area (Å²) >= 11 is 11.7. The van der Waals surface area contributed by atoms with Gasteiger partial charge in [-0.2, -0.15) is 0 Å². The number of hydrogen-bond acceptors (Lipinski definition) is 2. The van der Waals surface area contributed by atoms with Crippen molar-refractivity contribution < 1.29 is 9.59 Å². The van der Waals surface area contributed by atoms with Crippen LogP contribution in [0, 0.1) is 0 Å². The SMILES string of the molecule is O=C(Cc1ccccc1Cl)NC(=O)Nc1ccc(Cl)cc1. The summed E-state index contributed by atoms with van der Waals surface area (Å²) in [4.78, 5) is 23.4. The van der Waals surface area contributed by atoms with Gasteiger partial charge in [0.15, 0.2) is 0 Å². The van der Waals surface area contributed by atoms with Crippen molar-refractivity contribution in [3.63, 3.8) is 0 Å². The van der Waals surface area contributed by atoms with E-state index in [1.165, 1.54) is 0 Å². The van der Waals surface area contributed by atoms with Crippen LogP contribution in [-0.2, 0) is 11.2 Å². The minimum atomic E-state index is -0.602. The van der Waals surface area contributed by atoms with E-state index in [1.807, 2.05) is 0 Å². The molecule has 0 unspecified atom stereocenters. The zero-order valence-corrected chi connectivity index (χ0v) is 12.4. The van der Waals surface area contributed by atoms with Gasteiger partial charge < -0.3 is 5.32 Å². The van der Waals surface area contributed by atoms with Crippen LogP contribution < -0.4 is 10.6 Å². The number of imide groups is 1. The number of amides is 3. The Morgan fingerprint density at radius 3 is 2.29 bits per heavy atom. The van der Waals surface area contributed by atoms with Crippen molar-refractivity contribution in [2.45, 2.75) is 6.42 Å². The van der Waals surface area contributed by atoms with E-state index in [9.17, 15) is 9.59 Å². The van der Waals surface area contributed by atoms with Crippen LogP contribution in [0.2, 0.25) is 10.0 Å². The maximum Gasteiger partial charge on any atom is 0.325 e. The Balaban J connectivity index is 1.89. The Hall–Kier alpha value is -2.04. The first-order valence-electron chi connectivity index (χ1n) is 6.14. The van der Waals surface area contributed by atoms with E-state index in [4.69, 9.17) is 23.2 Å². The molecule has 2 aromatic rings. The number of halogens is 2. The van der Waals surface area contributed by atoms with Crippen molar-refractivity contribution in [2.75, 3.05) is 5.32 Å². The molecule has 0 fully saturated rings. The lowest BCUT2D eigenvalue weighted by Crippen LogP contribution is -2.35. The maximum atomic E-state index is 11.8. The Labute approximate surface area is 132 Å². The van der Waals surface area contributed by atoms with Gasteiger partial charge in [-0.25, -0.2) is 4.79 Å². The van der Waals surface area contributed by atoms with Crippen LogP contribution in [-0.4, -0.2) is 11.9 Å². The topological polar surface area (TPSA) is 58.2 Å². The number of benzene rings is 2. The zero-order chi connectivity index (χ0) is 15.2. The molecule has 0 aromatic heterocycles. The molecule has 0 aliphatic rings. The first-order chi connectivity index (χ1) is 10.0. The summed E-state index contributed by atoms with van der Waals surface area (Å²) in [6, 6.07) is 12.9. The molecule has 0 bridgehead atoms. The van der Waals surface area contributed by atoms with Gasteiger partial charge in [-0.05, 0) is 35.9 Å². The zero-order valence-electron chi connectivity index (χ0n) is 10.9. The highest BCUT2D eigenvalue weighted by Crippen LogP contribution is 2.15. The molecule has 0 saturated heterocycles. The first-order valence-corrected chi connectivity index (χ1v) is 6.90. The van der Waals surface area contributed by atoms with E-state index >= 15 is 0 Å². The molecule has 0 aliphatic carbocycles. The molecule has 0 saturated carbocycles. The maximum absolute atomic E-state index is 11.8. The summed E-state index contributed by atoms with van der Waals surface area (Å²) < 4.78 is 0. The van der Waals surface area contributed by atoms with E-state index in [2.05, 4.69) is 10.6 Å². The van der Waals surface area contributed by atoms with Gasteiger partial charge in [0.2, 0.25) is 5.91 Å². The van der Waals surface area contributed by atoms with E-state index in [0.717, 1.165) is 0 Å². The lowest BCUT2D eigenvalue weighted by Gasteiger charge is -2.07. The predicted octanol–water partition coefficient (Wildman–Crippen LogP) is 3.88. The van der Waals surface area contributed by atoms with Crippen LogP contribution in [0.4, 0.5) is 10.5 Å². The van der Waals surface area contributed by atoms with Crippen LogP contribution >= 0.6 is 23.2 Å². The van der Waals surface area contributed by atoms with Gasteiger partial charge in [0.05, 0.1) is 6.42 Å². The Morgan fingerprint density at radius 1 is 0.952 bits per heavy atom. The van der Waals surface area contributed by atoms with Crippen LogP contribution in [0.1, 0.15) is 5.56 Å². The Kier molecular flexibility index (Phi) is 5.20. The Bertz CT molecular complexity index is 657. The third kappa shape index (κ3) is 4.77. The quantitative estimate of drug-likeness (QED) is 0.900. The van der Waals surface area contributed by atoms with Crippen molar-refractivity contribution in [1.29, 1.82) is 0 Å². The number of rotatable bonds is 3. The van der Waals surface area contributed by atoms with Gasteiger partial charge in [0.1, 0.15) is 0 Å². The summed E-state index contributed by atoms with van der Waals surface area (Å²) in [5.41, 5.74) is 1.21. The van der Waals surface area contributed by atoms with Crippen molar-refractivity contribution in [1.82, 2.24) is 5.32 Å². The smallest absolute Gasteiger partial charge is 0.308 e. The van der Waals surface area contributed by atoms with E-state index in [1.54, 1.807) is 48.5 Å². The fourth-order valence-corrected chi connectivity index (χ4v) is 2.01. The summed E-state index contributed by atoms with van der Waals surface area (Å²) in [5, 5.41) is 5.83. The highest BCUT2D eigenvalue weighted by molar-refractivity contribution is 6.31. The highest BCUT2D eigenvalue weighted by Gasteiger charge is 2.10. The molecule has 6 heteroatoms. The highest BCUT2D eigenvalue weighted by atomic mass is 35.5. The van der Waals surface area contributed by atoms with E-state index < -0.39 is 11.9 Å². The van der Waals surface area contributed by atoms with Crippen LogP contribution in [0.3, 0.4) is 0 Å². The van der Waals surface area contributed by atoms with Crippen molar-refractivity contribution in [3.8, 4) is 0 Å². The second-order valence-corrected chi connectivity index (χ2v) is 5.12. The number of carbonyl (C=O) groups excluding carboxylic acids is 2. The molecule has 3 amide bonds. The normalized spacial score (nSPS) is 10.0. The number of hydrogen-bond donors (Lipinski definition) is 2. The monoisotopic (exact) mass is 322 g/mol. The molecule has 0 heterocycles. The molecule has 21 heavy (non-hydrogen) atoms. The molecular formula is C15H12Cl2N2O2. The Morgan fingerprint density at radius 2 is 1.62 bits per heavy atom. The van der Waals surface area contributed by atoms with Gasteiger partial charge in [0.25, 0.3) is 0 Å². The van der Waals surface area contributed by atoms with Gasteiger partial charge >= 0.3 is 6.03 Å². The second-order valence-electron chi connectivity index (χ2n) is 4.28. The molecule has 108 valence electrons. The minimum absolute atomic E-state index is 0.0354. The number of anilines is 1. The third-order valence-electron chi connectivity index (χ3n) is 2.66.